The Hall–Kier alpha value is -0.840. The number of hydrogen-bond acceptors (Lipinski definition) is 6. The Morgan fingerprint density at radius 3 is 2.25 bits per heavy atom. The van der Waals surface area contributed by atoms with Crippen LogP contribution in [-0.4, -0.2) is 53.7 Å². The monoisotopic (exact) mass is 370 g/mol. The van der Waals surface area contributed by atoms with E-state index in [1.54, 1.807) is 0 Å². The van der Waals surface area contributed by atoms with Crippen LogP contribution in [0.3, 0.4) is 0 Å². The third-order valence-corrected chi connectivity index (χ3v) is 6.08. The van der Waals surface area contributed by atoms with Gasteiger partial charge in [0, 0.05) is 6.42 Å². The maximum atomic E-state index is 13.0. The van der Waals surface area contributed by atoms with Crippen LogP contribution >= 0.6 is 0 Å². The topological polar surface area (TPSA) is 110 Å². The molecule has 4 bridgehead atoms. The maximum Gasteiger partial charge on any atom is 0.465 e. The Balaban J connectivity index is 1.52. The predicted molar refractivity (Wildman–Crippen MR) is 75.8 cm³/mol. The average Bonchev–Trinajstić information content (AvgIpc) is 2.39. The number of alkyl halides is 2. The Morgan fingerprint density at radius 1 is 1.17 bits per heavy atom. The highest BCUT2D eigenvalue weighted by Gasteiger charge is 2.58. The number of aliphatic hydroxyl groups is 1. The molecule has 7 nitrogen and oxygen atoms in total. The van der Waals surface area contributed by atoms with Crippen LogP contribution in [-0.2, 0) is 24.4 Å². The zero-order valence-electron chi connectivity index (χ0n) is 12.9. The van der Waals surface area contributed by atoms with Crippen LogP contribution in [0.25, 0.3) is 0 Å². The van der Waals surface area contributed by atoms with Gasteiger partial charge >= 0.3 is 21.3 Å². The molecule has 2 unspecified atom stereocenters. The molecule has 24 heavy (non-hydrogen) atoms. The summed E-state index contributed by atoms with van der Waals surface area (Å²) < 4.78 is 65.2. The van der Waals surface area contributed by atoms with Crippen LogP contribution in [0.2, 0.25) is 0 Å². The molecule has 0 aromatic rings. The van der Waals surface area contributed by atoms with Gasteiger partial charge in [-0.15, -0.1) is 0 Å². The average molecular weight is 370 g/mol. The van der Waals surface area contributed by atoms with Gasteiger partial charge in [0.2, 0.25) is 0 Å². The number of carbonyl (C=O) groups excluding carboxylic acids is 1. The van der Waals surface area contributed by atoms with E-state index in [-0.39, 0.29) is 6.61 Å². The summed E-state index contributed by atoms with van der Waals surface area (Å²) in [6, 6.07) is 0. The molecular weight excluding hydrogens is 350 g/mol. The van der Waals surface area contributed by atoms with Crippen LogP contribution in [0.15, 0.2) is 0 Å². The molecule has 138 valence electrons. The highest BCUT2D eigenvalue weighted by molar-refractivity contribution is 7.87. The highest BCUT2D eigenvalue weighted by atomic mass is 32.2. The summed E-state index contributed by atoms with van der Waals surface area (Å²) >= 11 is 0. The molecule has 10 heteroatoms. The maximum absolute atomic E-state index is 13.0. The van der Waals surface area contributed by atoms with Gasteiger partial charge in [0.05, 0.1) is 17.8 Å². The molecule has 2 N–H and O–H groups in total. The molecule has 0 aliphatic heterocycles. The van der Waals surface area contributed by atoms with Crippen LogP contribution in [0.5, 0.6) is 0 Å². The lowest BCUT2D eigenvalue weighted by Crippen LogP contribution is -2.60. The first-order valence-electron chi connectivity index (χ1n) is 7.83. The summed E-state index contributed by atoms with van der Waals surface area (Å²) in [5.74, 6) is -1.58. The quantitative estimate of drug-likeness (QED) is 0.409. The number of hydrogen-bond donors (Lipinski definition) is 2. The van der Waals surface area contributed by atoms with Crippen molar-refractivity contribution in [1.82, 2.24) is 0 Å². The van der Waals surface area contributed by atoms with Gasteiger partial charge < -0.3 is 14.6 Å². The summed E-state index contributed by atoms with van der Waals surface area (Å²) in [6.45, 7) is -0.734. The van der Waals surface area contributed by atoms with E-state index in [0.29, 0.717) is 18.3 Å². The van der Waals surface area contributed by atoms with Crippen molar-refractivity contribution < 1.29 is 41.1 Å². The number of esters is 1. The van der Waals surface area contributed by atoms with Crippen molar-refractivity contribution in [2.24, 2.45) is 11.8 Å². The second-order valence-corrected chi connectivity index (χ2v) is 8.81. The number of halogens is 2. The van der Waals surface area contributed by atoms with Crippen molar-refractivity contribution in [3.05, 3.63) is 0 Å². The molecule has 4 aliphatic rings. The predicted octanol–water partition coefficient (Wildman–Crippen LogP) is 1.11. The first-order valence-corrected chi connectivity index (χ1v) is 9.27. The van der Waals surface area contributed by atoms with Gasteiger partial charge in [-0.2, -0.15) is 17.2 Å². The van der Waals surface area contributed by atoms with Crippen LogP contribution in [0, 0.1) is 11.8 Å². The van der Waals surface area contributed by atoms with E-state index >= 15 is 0 Å². The SMILES string of the molecule is O=C(OCCOC12CC3CC(CC(O)(C3)C1)C2)C(F)(F)S(=O)(=O)O. The van der Waals surface area contributed by atoms with Gasteiger partial charge in [-0.25, -0.2) is 4.79 Å². The molecule has 4 fully saturated rings. The van der Waals surface area contributed by atoms with Crippen molar-refractivity contribution in [3.8, 4) is 0 Å². The largest absolute Gasteiger partial charge is 0.465 e. The minimum atomic E-state index is -5.87. The third-order valence-electron chi connectivity index (χ3n) is 5.26. The van der Waals surface area contributed by atoms with Gasteiger partial charge in [0.15, 0.2) is 0 Å². The smallest absolute Gasteiger partial charge is 0.458 e. The van der Waals surface area contributed by atoms with E-state index < -0.39 is 39.2 Å². The lowest BCUT2D eigenvalue weighted by molar-refractivity contribution is -0.223. The van der Waals surface area contributed by atoms with Gasteiger partial charge in [-0.3, -0.25) is 4.55 Å². The molecule has 0 radical (unpaired) electrons. The van der Waals surface area contributed by atoms with Crippen molar-refractivity contribution in [2.45, 2.75) is 55.0 Å². The van der Waals surface area contributed by atoms with E-state index in [4.69, 9.17) is 9.29 Å². The van der Waals surface area contributed by atoms with Crippen LogP contribution in [0.4, 0.5) is 8.78 Å². The van der Waals surface area contributed by atoms with E-state index in [1.807, 2.05) is 0 Å². The molecule has 2 atom stereocenters. The normalized spacial score (nSPS) is 38.3. The number of rotatable bonds is 6. The summed E-state index contributed by atoms with van der Waals surface area (Å²) in [4.78, 5) is 11.1. The fourth-order valence-corrected chi connectivity index (χ4v) is 5.15. The Bertz CT molecular complexity index is 619. The van der Waals surface area contributed by atoms with Crippen molar-refractivity contribution >= 4 is 16.1 Å². The second kappa shape index (κ2) is 5.58. The van der Waals surface area contributed by atoms with Crippen molar-refractivity contribution in [3.63, 3.8) is 0 Å². The summed E-state index contributed by atoms with van der Waals surface area (Å²) in [5, 5.41) is 5.55. The molecule has 0 saturated heterocycles. The number of carbonyl (C=O) groups is 1. The fourth-order valence-electron chi connectivity index (χ4n) is 4.88. The van der Waals surface area contributed by atoms with Gasteiger partial charge in [0.25, 0.3) is 0 Å². The fraction of sp³-hybridized carbons (Fsp3) is 0.929. The molecule has 0 heterocycles. The lowest BCUT2D eigenvalue weighted by atomic mass is 9.52. The molecule has 4 aliphatic carbocycles. The highest BCUT2D eigenvalue weighted by Crippen LogP contribution is 2.58. The first kappa shape index (κ1) is 18.0. The number of ether oxygens (including phenoxy) is 2. The molecule has 4 rings (SSSR count). The summed E-state index contributed by atoms with van der Waals surface area (Å²) in [6.07, 6.45) is 4.60. The van der Waals surface area contributed by atoms with E-state index in [0.717, 1.165) is 32.1 Å². The zero-order chi connectivity index (χ0) is 17.8. The van der Waals surface area contributed by atoms with E-state index in [2.05, 4.69) is 4.74 Å². The van der Waals surface area contributed by atoms with Gasteiger partial charge in [0.1, 0.15) is 6.61 Å². The van der Waals surface area contributed by atoms with Gasteiger partial charge in [-0.05, 0) is 43.9 Å². The van der Waals surface area contributed by atoms with Crippen LogP contribution in [0.1, 0.15) is 38.5 Å². The minimum absolute atomic E-state index is 0.178. The molecular formula is C14H20F2O7S. The van der Waals surface area contributed by atoms with Gasteiger partial charge in [-0.1, -0.05) is 0 Å². The standard InChI is InChI=1S/C14H20F2O7S/c15-14(16,24(19,20)21)11(17)22-1-2-23-13-6-9-3-10(7-13)5-12(18,4-9)8-13/h9-10,18H,1-8H2,(H,19,20,21). The zero-order valence-corrected chi connectivity index (χ0v) is 13.7. The Morgan fingerprint density at radius 2 is 1.75 bits per heavy atom. The molecule has 0 amide bonds. The minimum Gasteiger partial charge on any atom is -0.458 e. The molecule has 0 aromatic heterocycles. The first-order chi connectivity index (χ1) is 10.9. The molecule has 0 aromatic carbocycles. The van der Waals surface area contributed by atoms with E-state index in [9.17, 15) is 27.1 Å². The molecule has 4 saturated carbocycles. The molecule has 0 spiro atoms. The third kappa shape index (κ3) is 3.16. The van der Waals surface area contributed by atoms with Crippen LogP contribution < -0.4 is 0 Å². The Labute approximate surface area is 138 Å². The lowest BCUT2D eigenvalue weighted by Gasteiger charge is -2.59. The summed E-state index contributed by atoms with van der Waals surface area (Å²) in [5.41, 5.74) is -1.27. The summed E-state index contributed by atoms with van der Waals surface area (Å²) in [7, 11) is -5.87. The van der Waals surface area contributed by atoms with Crippen molar-refractivity contribution in [2.75, 3.05) is 13.2 Å². The second-order valence-electron chi connectivity index (χ2n) is 7.34. The van der Waals surface area contributed by atoms with E-state index in [1.165, 1.54) is 0 Å². The van der Waals surface area contributed by atoms with Crippen molar-refractivity contribution in [1.29, 1.82) is 0 Å². The Kier molecular flexibility index (Phi) is 4.18.